The van der Waals surface area contributed by atoms with E-state index in [0.29, 0.717) is 0 Å². The molecule has 0 atom stereocenters. The van der Waals surface area contributed by atoms with Crippen molar-refractivity contribution in [3.8, 4) is 0 Å². The van der Waals surface area contributed by atoms with Crippen molar-refractivity contribution in [2.45, 2.75) is 0 Å². The summed E-state index contributed by atoms with van der Waals surface area (Å²) in [5.74, 6) is -0.251. The van der Waals surface area contributed by atoms with Crippen LogP contribution in [0, 0.1) is 0 Å². The zero-order valence-corrected chi connectivity index (χ0v) is 9.10. The number of aromatic amines is 1. The molecule has 0 spiro atoms. The molecule has 1 amide bonds. The van der Waals surface area contributed by atoms with E-state index in [1.54, 1.807) is 0 Å². The molecule has 17 heavy (non-hydrogen) atoms. The van der Waals surface area contributed by atoms with Crippen molar-refractivity contribution in [3.05, 3.63) is 46.0 Å². The van der Waals surface area contributed by atoms with Gasteiger partial charge in [-0.25, -0.2) is 15.0 Å². The van der Waals surface area contributed by atoms with Gasteiger partial charge in [0.05, 0.1) is 6.20 Å². The van der Waals surface area contributed by atoms with E-state index >= 15 is 0 Å². The van der Waals surface area contributed by atoms with Crippen molar-refractivity contribution < 1.29 is 4.79 Å². The Bertz CT molecular complexity index is 592. The lowest BCUT2D eigenvalue weighted by atomic mass is 10.4. The Morgan fingerprint density at radius 1 is 1.35 bits per heavy atom. The molecule has 2 N–H and O–H groups in total. The molecule has 7 nitrogen and oxygen atoms in total. The first-order chi connectivity index (χ1) is 8.15. The largest absolute Gasteiger partial charge is 0.325 e. The highest BCUT2D eigenvalue weighted by Crippen LogP contribution is 2.09. The lowest BCUT2D eigenvalue weighted by Gasteiger charge is -2.02. The highest BCUT2D eigenvalue weighted by molar-refractivity contribution is 6.29. The molecule has 0 saturated heterocycles. The molecular formula is C9H6ClN5O2. The first-order valence-electron chi connectivity index (χ1n) is 4.49. The molecule has 0 fully saturated rings. The number of rotatable bonds is 2. The van der Waals surface area contributed by atoms with Crippen LogP contribution in [0.5, 0.6) is 0 Å². The number of anilines is 1. The molecule has 2 aromatic heterocycles. The second-order valence-corrected chi connectivity index (χ2v) is 3.36. The number of aromatic nitrogens is 4. The third kappa shape index (κ3) is 2.85. The number of carbonyl (C=O) groups excluding carboxylic acids is 1. The van der Waals surface area contributed by atoms with Crippen LogP contribution in [-0.2, 0) is 0 Å². The Balaban J connectivity index is 2.17. The predicted octanol–water partition coefficient (Wildman–Crippen LogP) is 0.466. The van der Waals surface area contributed by atoms with Crippen LogP contribution >= 0.6 is 11.6 Å². The second kappa shape index (κ2) is 4.71. The highest BCUT2D eigenvalue weighted by atomic mass is 35.5. The first-order valence-corrected chi connectivity index (χ1v) is 4.86. The number of halogens is 1. The van der Waals surface area contributed by atoms with Crippen molar-refractivity contribution in [2.75, 3.05) is 5.32 Å². The molecule has 2 rings (SSSR count). The van der Waals surface area contributed by atoms with E-state index in [9.17, 15) is 9.59 Å². The van der Waals surface area contributed by atoms with Crippen molar-refractivity contribution in [2.24, 2.45) is 0 Å². The average molecular weight is 252 g/mol. The van der Waals surface area contributed by atoms with E-state index in [1.807, 2.05) is 0 Å². The number of hydrogen-bond donors (Lipinski definition) is 2. The average Bonchev–Trinajstić information content (AvgIpc) is 2.29. The summed E-state index contributed by atoms with van der Waals surface area (Å²) in [5, 5.41) is 2.67. The molecule has 86 valence electrons. The second-order valence-electron chi connectivity index (χ2n) is 2.98. The summed E-state index contributed by atoms with van der Waals surface area (Å²) in [4.78, 5) is 35.9. The molecule has 0 saturated carbocycles. The van der Waals surface area contributed by atoms with Crippen LogP contribution in [0.15, 0.2) is 29.6 Å². The van der Waals surface area contributed by atoms with Crippen molar-refractivity contribution in [1.82, 2.24) is 19.9 Å². The van der Waals surface area contributed by atoms with Gasteiger partial charge in [0.2, 0.25) is 0 Å². The van der Waals surface area contributed by atoms with Gasteiger partial charge in [-0.2, -0.15) is 0 Å². The summed E-state index contributed by atoms with van der Waals surface area (Å²) in [7, 11) is 0. The summed E-state index contributed by atoms with van der Waals surface area (Å²) < 4.78 is 0. The van der Waals surface area contributed by atoms with Crippen LogP contribution in [0.3, 0.4) is 0 Å². The van der Waals surface area contributed by atoms with E-state index < -0.39 is 5.91 Å². The fraction of sp³-hybridized carbons (Fsp3) is 0. The number of nitrogens with zero attached hydrogens (tertiary/aromatic N) is 3. The molecule has 0 unspecified atom stereocenters. The van der Waals surface area contributed by atoms with Crippen LogP contribution in [0.25, 0.3) is 0 Å². The van der Waals surface area contributed by atoms with Crippen LogP contribution in [-0.4, -0.2) is 25.8 Å². The minimum Gasteiger partial charge on any atom is -0.325 e. The molecule has 8 heteroatoms. The fourth-order valence-electron chi connectivity index (χ4n) is 1.05. The maximum atomic E-state index is 11.6. The molecule has 2 heterocycles. The number of carbonyl (C=O) groups is 1. The van der Waals surface area contributed by atoms with E-state index in [2.05, 4.69) is 25.3 Å². The summed E-state index contributed by atoms with van der Waals surface area (Å²) in [6.07, 6.45) is 3.45. The standard InChI is InChI=1S/C9H6ClN5O2/c10-6-1-7(14-4-13-6)15-9(17)5-2-12-8(16)3-11-5/h1-4H,(H,12,16)(H,13,14,15,17). The van der Waals surface area contributed by atoms with Crippen molar-refractivity contribution in [1.29, 1.82) is 0 Å². The monoisotopic (exact) mass is 251 g/mol. The van der Waals surface area contributed by atoms with Gasteiger partial charge in [-0.1, -0.05) is 11.6 Å². The molecule has 0 bridgehead atoms. The van der Waals surface area contributed by atoms with Gasteiger partial charge in [0.15, 0.2) is 0 Å². The third-order valence-electron chi connectivity index (χ3n) is 1.78. The van der Waals surface area contributed by atoms with E-state index in [4.69, 9.17) is 11.6 Å². The fourth-order valence-corrected chi connectivity index (χ4v) is 1.20. The summed E-state index contributed by atoms with van der Waals surface area (Å²) in [6, 6.07) is 1.39. The Kier molecular flexibility index (Phi) is 3.10. The van der Waals surface area contributed by atoms with Crippen LogP contribution in [0.1, 0.15) is 10.5 Å². The smallest absolute Gasteiger partial charge is 0.276 e. The van der Waals surface area contributed by atoms with Gasteiger partial charge >= 0.3 is 0 Å². The quantitative estimate of drug-likeness (QED) is 0.756. The van der Waals surface area contributed by atoms with Gasteiger partial charge in [-0.05, 0) is 0 Å². The maximum absolute atomic E-state index is 11.6. The number of nitrogens with one attached hydrogen (secondary N) is 2. The number of hydrogen-bond acceptors (Lipinski definition) is 5. The number of amides is 1. The van der Waals surface area contributed by atoms with Gasteiger partial charge in [-0.3, -0.25) is 9.59 Å². The summed E-state index contributed by atoms with van der Waals surface area (Å²) in [6.45, 7) is 0. The zero-order chi connectivity index (χ0) is 12.3. The Morgan fingerprint density at radius 3 is 2.82 bits per heavy atom. The molecular weight excluding hydrogens is 246 g/mol. The topological polar surface area (TPSA) is 101 Å². The Morgan fingerprint density at radius 2 is 2.18 bits per heavy atom. The first kappa shape index (κ1) is 11.2. The molecule has 0 radical (unpaired) electrons. The van der Waals surface area contributed by atoms with Gasteiger partial charge < -0.3 is 10.3 Å². The molecule has 0 aliphatic heterocycles. The van der Waals surface area contributed by atoms with Gasteiger partial charge in [0.25, 0.3) is 11.5 Å². The van der Waals surface area contributed by atoms with E-state index in [0.717, 1.165) is 6.20 Å². The molecule has 0 aromatic carbocycles. The van der Waals surface area contributed by atoms with Crippen LogP contribution in [0.2, 0.25) is 5.15 Å². The van der Waals surface area contributed by atoms with Crippen molar-refractivity contribution >= 4 is 23.3 Å². The normalized spacial score (nSPS) is 9.94. The maximum Gasteiger partial charge on any atom is 0.276 e. The van der Waals surface area contributed by atoms with Crippen molar-refractivity contribution in [3.63, 3.8) is 0 Å². The Labute approximate surface area is 99.9 Å². The lowest BCUT2D eigenvalue weighted by Crippen LogP contribution is -2.17. The minimum absolute atomic E-state index is 0.0688. The molecule has 2 aromatic rings. The van der Waals surface area contributed by atoms with Gasteiger partial charge in [-0.15, -0.1) is 0 Å². The van der Waals surface area contributed by atoms with Crippen LogP contribution in [0.4, 0.5) is 5.82 Å². The van der Waals surface area contributed by atoms with Gasteiger partial charge in [0.1, 0.15) is 23.0 Å². The number of H-pyrrole nitrogens is 1. The minimum atomic E-state index is -0.504. The third-order valence-corrected chi connectivity index (χ3v) is 1.99. The van der Waals surface area contributed by atoms with Crippen LogP contribution < -0.4 is 10.9 Å². The SMILES string of the molecule is O=C(Nc1cc(Cl)ncn1)c1c[nH]c(=O)cn1. The lowest BCUT2D eigenvalue weighted by molar-refractivity contribution is 0.102. The van der Waals surface area contributed by atoms with E-state index in [-0.39, 0.29) is 22.2 Å². The summed E-state index contributed by atoms with van der Waals surface area (Å²) >= 11 is 5.63. The molecule has 0 aliphatic carbocycles. The van der Waals surface area contributed by atoms with Gasteiger partial charge in [0, 0.05) is 12.3 Å². The molecule has 0 aliphatic rings. The zero-order valence-electron chi connectivity index (χ0n) is 8.35. The predicted molar refractivity (Wildman–Crippen MR) is 59.9 cm³/mol. The highest BCUT2D eigenvalue weighted by Gasteiger charge is 2.08. The van der Waals surface area contributed by atoms with E-state index in [1.165, 1.54) is 18.6 Å². The Hall–Kier alpha value is -2.28. The summed E-state index contributed by atoms with van der Waals surface area (Å²) in [5.41, 5.74) is -0.314.